The third kappa shape index (κ3) is 8.90. The number of hydrogen-bond donors (Lipinski definition) is 3. The number of alkyl carbamates (subject to hydrolysis) is 2. The van der Waals surface area contributed by atoms with Crippen LogP contribution in [0.2, 0.25) is 0 Å². The van der Waals surface area contributed by atoms with Crippen molar-refractivity contribution in [2.24, 2.45) is 10.8 Å². The number of amides is 2. The molecule has 2 aromatic carbocycles. The predicted molar refractivity (Wildman–Crippen MR) is 152 cm³/mol. The normalized spacial score (nSPS) is 21.0. The molecule has 0 unspecified atom stereocenters. The number of ether oxygens (including phenoxy) is 2. The van der Waals surface area contributed by atoms with Gasteiger partial charge in [-0.15, -0.1) is 0 Å². The van der Waals surface area contributed by atoms with E-state index in [1.807, 2.05) is 69.3 Å². The number of nitrogens with one attached hydrogen (secondary N) is 2. The van der Waals surface area contributed by atoms with Gasteiger partial charge in [-0.1, -0.05) is 61.1 Å². The Morgan fingerprint density at radius 3 is 1.77 bits per heavy atom. The zero-order valence-corrected chi connectivity index (χ0v) is 22.9. The number of rotatable bonds is 3. The number of nitrogens with zero attached hydrogens (tertiary/aromatic N) is 3. The van der Waals surface area contributed by atoms with E-state index in [-0.39, 0.29) is 31.6 Å². The van der Waals surface area contributed by atoms with Crippen LogP contribution in [0.4, 0.5) is 9.59 Å². The van der Waals surface area contributed by atoms with Crippen LogP contribution >= 0.6 is 0 Å². The molecule has 0 fully saturated rings. The molecule has 2 amide bonds. The van der Waals surface area contributed by atoms with E-state index in [1.165, 1.54) is 5.56 Å². The van der Waals surface area contributed by atoms with Crippen molar-refractivity contribution < 1.29 is 19.1 Å². The van der Waals surface area contributed by atoms with Crippen LogP contribution in [0.25, 0.3) is 10.4 Å². The van der Waals surface area contributed by atoms with Gasteiger partial charge in [0.1, 0.15) is 11.2 Å². The van der Waals surface area contributed by atoms with Gasteiger partial charge in [-0.05, 0) is 82.2 Å². The summed E-state index contributed by atoms with van der Waals surface area (Å²) in [4.78, 5) is 26.6. The molecule has 2 aliphatic carbocycles. The highest BCUT2D eigenvalue weighted by Gasteiger charge is 2.34. The molecule has 4 atom stereocenters. The zero-order valence-electron chi connectivity index (χ0n) is 22.9. The van der Waals surface area contributed by atoms with Gasteiger partial charge in [0.25, 0.3) is 0 Å². The lowest BCUT2D eigenvalue weighted by Crippen LogP contribution is -2.41. The minimum absolute atomic E-state index is 0. The Labute approximate surface area is 231 Å². The molecule has 2 aliphatic rings. The molecule has 10 heteroatoms. The van der Waals surface area contributed by atoms with E-state index in [9.17, 15) is 9.59 Å². The van der Waals surface area contributed by atoms with Gasteiger partial charge in [-0.3, -0.25) is 0 Å². The first-order valence-electron chi connectivity index (χ1n) is 12.7. The first kappa shape index (κ1) is 31.5. The highest BCUT2D eigenvalue weighted by atomic mass is 16.6. The smallest absolute Gasteiger partial charge is 0.408 e. The van der Waals surface area contributed by atoms with E-state index in [2.05, 4.69) is 20.7 Å². The molecular formula is C29H42N6O4. The maximum Gasteiger partial charge on any atom is 0.408 e. The Hall–Kier alpha value is -3.75. The number of hydrogen-bond acceptors (Lipinski definition) is 6. The molecule has 10 nitrogen and oxygen atoms in total. The highest BCUT2D eigenvalue weighted by Crippen LogP contribution is 2.34. The minimum Gasteiger partial charge on any atom is -0.444 e. The molecule has 0 saturated carbocycles. The Bertz CT molecular complexity index is 1200. The number of nitrogens with two attached hydrogens (primary N) is 1. The van der Waals surface area contributed by atoms with E-state index in [0.29, 0.717) is 6.42 Å². The van der Waals surface area contributed by atoms with Crippen molar-refractivity contribution in [3.63, 3.8) is 0 Å². The molecule has 4 N–H and O–H groups in total. The molecule has 0 aliphatic heterocycles. The predicted octanol–water partition coefficient (Wildman–Crippen LogP) is 6.26. The van der Waals surface area contributed by atoms with Crippen molar-refractivity contribution in [3.05, 3.63) is 81.2 Å². The maximum atomic E-state index is 11.9. The number of fused-ring (bicyclic) bond motifs is 2. The van der Waals surface area contributed by atoms with Crippen molar-refractivity contribution in [2.75, 3.05) is 0 Å². The molecule has 0 saturated heterocycles. The van der Waals surface area contributed by atoms with Gasteiger partial charge >= 0.3 is 12.2 Å². The van der Waals surface area contributed by atoms with Gasteiger partial charge in [0.2, 0.25) is 0 Å². The minimum atomic E-state index is -0.559. The van der Waals surface area contributed by atoms with Gasteiger partial charge in [-0.25, -0.2) is 9.59 Å². The standard InChI is InChI=1S/C14H18N4O2.C14H20N2O2.CH4/c1-14(2,3)20-13(19)16-12-10-7-5-4-6-9(10)8-11(12)17-18-15;1-14(2,3)18-13(17)16-12-10-7-5-4-6-9(10)8-11(12)15;/h4-7,11-12H,8H2,1-3H3,(H,16,19);4-7,11-12H,8,15H2,1-3H3,(H,16,17);1H4/t2*11-,12-;/m00./s1. The van der Waals surface area contributed by atoms with Gasteiger partial charge in [0.15, 0.2) is 0 Å². The Morgan fingerprint density at radius 1 is 0.846 bits per heavy atom. The second-order valence-corrected chi connectivity index (χ2v) is 11.5. The lowest BCUT2D eigenvalue weighted by molar-refractivity contribution is 0.0487. The van der Waals surface area contributed by atoms with Crippen LogP contribution < -0.4 is 16.4 Å². The van der Waals surface area contributed by atoms with Gasteiger partial charge in [0, 0.05) is 11.0 Å². The monoisotopic (exact) mass is 538 g/mol. The van der Waals surface area contributed by atoms with Gasteiger partial charge in [0.05, 0.1) is 18.1 Å². The highest BCUT2D eigenvalue weighted by molar-refractivity contribution is 5.69. The van der Waals surface area contributed by atoms with Crippen LogP contribution in [-0.2, 0) is 22.3 Å². The lowest BCUT2D eigenvalue weighted by Gasteiger charge is -2.23. The van der Waals surface area contributed by atoms with Crippen LogP contribution in [0.1, 0.15) is 83.3 Å². The van der Waals surface area contributed by atoms with Crippen molar-refractivity contribution in [3.8, 4) is 0 Å². The molecule has 4 rings (SSSR count). The number of carbonyl (C=O) groups excluding carboxylic acids is 2. The molecular weight excluding hydrogens is 496 g/mol. The van der Waals surface area contributed by atoms with Crippen molar-refractivity contribution in [1.82, 2.24) is 10.6 Å². The van der Waals surface area contributed by atoms with E-state index in [4.69, 9.17) is 20.7 Å². The van der Waals surface area contributed by atoms with Crippen LogP contribution in [0.5, 0.6) is 0 Å². The topological polar surface area (TPSA) is 151 Å². The molecule has 0 spiro atoms. The summed E-state index contributed by atoms with van der Waals surface area (Å²) in [5, 5.41) is 9.44. The third-order valence-corrected chi connectivity index (χ3v) is 6.02. The molecule has 212 valence electrons. The van der Waals surface area contributed by atoms with Gasteiger partial charge < -0.3 is 25.8 Å². The Kier molecular flexibility index (Phi) is 10.4. The molecule has 0 heterocycles. The summed E-state index contributed by atoms with van der Waals surface area (Å²) in [6, 6.07) is 14.9. The zero-order chi connectivity index (χ0) is 28.1. The fraction of sp³-hybridized carbons (Fsp3) is 0.517. The second kappa shape index (κ2) is 12.9. The third-order valence-electron chi connectivity index (χ3n) is 6.02. The molecule has 0 radical (unpaired) electrons. The van der Waals surface area contributed by atoms with E-state index in [0.717, 1.165) is 23.1 Å². The Balaban J connectivity index is 0.000000268. The lowest BCUT2D eigenvalue weighted by atomic mass is 10.1. The summed E-state index contributed by atoms with van der Waals surface area (Å²) in [6.07, 6.45) is 0.495. The fourth-order valence-electron chi connectivity index (χ4n) is 4.60. The van der Waals surface area contributed by atoms with E-state index < -0.39 is 23.4 Å². The number of azide groups is 1. The maximum absolute atomic E-state index is 11.9. The summed E-state index contributed by atoms with van der Waals surface area (Å²) < 4.78 is 10.5. The van der Waals surface area contributed by atoms with Crippen LogP contribution in [0.15, 0.2) is 53.6 Å². The molecule has 2 aromatic rings. The summed E-state index contributed by atoms with van der Waals surface area (Å²) >= 11 is 0. The average Bonchev–Trinajstić information content (AvgIpc) is 3.29. The fourth-order valence-corrected chi connectivity index (χ4v) is 4.60. The van der Waals surface area contributed by atoms with Crippen LogP contribution in [0, 0.1) is 0 Å². The summed E-state index contributed by atoms with van der Waals surface area (Å²) in [7, 11) is 0. The SMILES string of the molecule is C.CC(C)(C)OC(=O)N[C@H]1c2ccccc2C[C@@H]1N.CC(C)(C)OC(=O)N[C@H]1c2ccccc2C[C@@H]1N=[N+]=[N-]. The van der Waals surface area contributed by atoms with E-state index in [1.54, 1.807) is 20.8 Å². The van der Waals surface area contributed by atoms with Crippen molar-refractivity contribution in [2.45, 2.75) is 97.2 Å². The summed E-state index contributed by atoms with van der Waals surface area (Å²) in [5.41, 5.74) is 18.0. The first-order valence-corrected chi connectivity index (χ1v) is 12.7. The first-order chi connectivity index (χ1) is 17.8. The number of carbonyl (C=O) groups is 2. The molecule has 0 aromatic heterocycles. The summed E-state index contributed by atoms with van der Waals surface area (Å²) in [6.45, 7) is 10.9. The molecule has 0 bridgehead atoms. The largest absolute Gasteiger partial charge is 0.444 e. The number of benzene rings is 2. The second-order valence-electron chi connectivity index (χ2n) is 11.5. The van der Waals surface area contributed by atoms with Gasteiger partial charge in [-0.2, -0.15) is 0 Å². The molecule has 39 heavy (non-hydrogen) atoms. The average molecular weight is 539 g/mol. The Morgan fingerprint density at radius 2 is 1.28 bits per heavy atom. The van der Waals surface area contributed by atoms with E-state index >= 15 is 0 Å². The van der Waals surface area contributed by atoms with Crippen LogP contribution in [-0.4, -0.2) is 35.5 Å². The quantitative estimate of drug-likeness (QED) is 0.239. The summed E-state index contributed by atoms with van der Waals surface area (Å²) in [5.74, 6) is 0. The van der Waals surface area contributed by atoms with Crippen LogP contribution in [0.3, 0.4) is 0 Å². The van der Waals surface area contributed by atoms with Crippen molar-refractivity contribution >= 4 is 12.2 Å². The van der Waals surface area contributed by atoms with Crippen molar-refractivity contribution in [1.29, 1.82) is 0 Å².